The lowest BCUT2D eigenvalue weighted by molar-refractivity contribution is 0.607. The average molecular weight is 240 g/mol. The molecule has 2 N–H and O–H groups in total. The topological polar surface area (TPSA) is 58.2 Å². The quantitative estimate of drug-likeness (QED) is 0.845. The van der Waals surface area contributed by atoms with Gasteiger partial charge in [-0.05, 0) is 43.5 Å². The molecule has 0 heterocycles. The molecule has 0 amide bonds. The van der Waals surface area contributed by atoms with E-state index in [1.54, 1.807) is 6.07 Å². The summed E-state index contributed by atoms with van der Waals surface area (Å²) >= 11 is 0. The van der Waals surface area contributed by atoms with Crippen LogP contribution in [0.15, 0.2) is 18.2 Å². The summed E-state index contributed by atoms with van der Waals surface area (Å²) in [5, 5.41) is 3.37. The van der Waals surface area contributed by atoms with Crippen molar-refractivity contribution in [3.8, 4) is 0 Å². The molecule has 0 aliphatic heterocycles. The molecular weight excluding hydrogens is 224 g/mol. The number of sulfonamides is 1. The van der Waals surface area contributed by atoms with E-state index in [0.717, 1.165) is 17.5 Å². The molecule has 4 nitrogen and oxygen atoms in total. The average Bonchev–Trinajstić information content (AvgIpc) is 2.92. The number of hydrogen-bond acceptors (Lipinski definition) is 3. The molecule has 0 bridgehead atoms. The van der Waals surface area contributed by atoms with Crippen LogP contribution in [0.1, 0.15) is 18.4 Å². The van der Waals surface area contributed by atoms with Crippen LogP contribution in [0.25, 0.3) is 0 Å². The van der Waals surface area contributed by atoms with Crippen molar-refractivity contribution in [2.75, 3.05) is 16.3 Å². The number of rotatable bonds is 4. The van der Waals surface area contributed by atoms with Crippen LogP contribution in [0.2, 0.25) is 0 Å². The highest BCUT2D eigenvalue weighted by Gasteiger charge is 2.20. The number of aryl methyl sites for hydroxylation is 1. The predicted molar refractivity (Wildman–Crippen MR) is 66.3 cm³/mol. The highest BCUT2D eigenvalue weighted by Crippen LogP contribution is 2.27. The Hall–Kier alpha value is -1.23. The Kier molecular flexibility index (Phi) is 2.80. The van der Waals surface area contributed by atoms with Gasteiger partial charge in [0.25, 0.3) is 0 Å². The van der Waals surface area contributed by atoms with Crippen molar-refractivity contribution in [1.82, 2.24) is 0 Å². The monoisotopic (exact) mass is 240 g/mol. The zero-order chi connectivity index (χ0) is 11.8. The molecule has 1 fully saturated rings. The standard InChI is InChI=1S/C11H16N2O2S/c1-8-7-10(12-9-3-4-9)5-6-11(8)13-16(2,14)15/h5-7,9,12-13H,3-4H2,1-2H3. The van der Waals surface area contributed by atoms with E-state index in [4.69, 9.17) is 0 Å². The lowest BCUT2D eigenvalue weighted by Gasteiger charge is -2.10. The maximum absolute atomic E-state index is 11.1. The summed E-state index contributed by atoms with van der Waals surface area (Å²) in [6.45, 7) is 1.89. The molecule has 0 radical (unpaired) electrons. The van der Waals surface area contributed by atoms with Crippen LogP contribution >= 0.6 is 0 Å². The van der Waals surface area contributed by atoms with Gasteiger partial charge in [-0.1, -0.05) is 0 Å². The summed E-state index contributed by atoms with van der Waals surface area (Å²) in [6.07, 6.45) is 3.60. The summed E-state index contributed by atoms with van der Waals surface area (Å²) < 4.78 is 24.7. The summed E-state index contributed by atoms with van der Waals surface area (Å²) in [4.78, 5) is 0. The van der Waals surface area contributed by atoms with Gasteiger partial charge in [-0.2, -0.15) is 0 Å². The highest BCUT2D eigenvalue weighted by atomic mass is 32.2. The van der Waals surface area contributed by atoms with Gasteiger partial charge >= 0.3 is 0 Å². The molecule has 0 saturated heterocycles. The molecule has 16 heavy (non-hydrogen) atoms. The first-order valence-electron chi connectivity index (χ1n) is 5.29. The fourth-order valence-electron chi connectivity index (χ4n) is 1.53. The molecule has 1 aromatic rings. The Labute approximate surface area is 96.1 Å². The fourth-order valence-corrected chi connectivity index (χ4v) is 2.16. The van der Waals surface area contributed by atoms with E-state index in [2.05, 4.69) is 10.0 Å². The molecular formula is C11H16N2O2S. The summed E-state index contributed by atoms with van der Waals surface area (Å²) in [5.74, 6) is 0. The van der Waals surface area contributed by atoms with Crippen molar-refractivity contribution in [1.29, 1.82) is 0 Å². The highest BCUT2D eigenvalue weighted by molar-refractivity contribution is 7.92. The van der Waals surface area contributed by atoms with Crippen LogP contribution in [0, 0.1) is 6.92 Å². The maximum atomic E-state index is 11.1. The van der Waals surface area contributed by atoms with E-state index in [0.29, 0.717) is 11.7 Å². The minimum absolute atomic E-state index is 0.605. The lowest BCUT2D eigenvalue weighted by atomic mass is 10.2. The van der Waals surface area contributed by atoms with Gasteiger partial charge in [0.05, 0.1) is 11.9 Å². The SMILES string of the molecule is Cc1cc(NC2CC2)ccc1NS(C)(=O)=O. The van der Waals surface area contributed by atoms with E-state index >= 15 is 0 Å². The Morgan fingerprint density at radius 2 is 2.00 bits per heavy atom. The van der Waals surface area contributed by atoms with E-state index in [1.807, 2.05) is 19.1 Å². The van der Waals surface area contributed by atoms with Crippen molar-refractivity contribution < 1.29 is 8.42 Å². The minimum Gasteiger partial charge on any atom is -0.382 e. The van der Waals surface area contributed by atoms with Crippen molar-refractivity contribution >= 4 is 21.4 Å². The van der Waals surface area contributed by atoms with Gasteiger partial charge in [-0.3, -0.25) is 4.72 Å². The molecule has 5 heteroatoms. The van der Waals surface area contributed by atoms with Gasteiger partial charge in [-0.25, -0.2) is 8.42 Å². The van der Waals surface area contributed by atoms with Crippen LogP contribution in [-0.4, -0.2) is 20.7 Å². The predicted octanol–water partition coefficient (Wildman–Crippen LogP) is 1.94. The molecule has 1 aliphatic carbocycles. The van der Waals surface area contributed by atoms with Crippen molar-refractivity contribution in [2.24, 2.45) is 0 Å². The first-order valence-corrected chi connectivity index (χ1v) is 7.18. The van der Waals surface area contributed by atoms with Gasteiger partial charge < -0.3 is 5.32 Å². The molecule has 0 spiro atoms. The molecule has 2 rings (SSSR count). The van der Waals surface area contributed by atoms with Gasteiger partial charge in [0.2, 0.25) is 10.0 Å². The second-order valence-electron chi connectivity index (χ2n) is 4.32. The number of nitrogens with one attached hydrogen (secondary N) is 2. The first-order chi connectivity index (χ1) is 7.44. The molecule has 1 saturated carbocycles. The Balaban J connectivity index is 2.15. The second kappa shape index (κ2) is 3.97. The largest absolute Gasteiger partial charge is 0.382 e. The van der Waals surface area contributed by atoms with Gasteiger partial charge in [0.15, 0.2) is 0 Å². The van der Waals surface area contributed by atoms with Crippen molar-refractivity contribution in [2.45, 2.75) is 25.8 Å². The first kappa shape index (κ1) is 11.3. The zero-order valence-electron chi connectivity index (χ0n) is 9.45. The van der Waals surface area contributed by atoms with Crippen molar-refractivity contribution in [3.05, 3.63) is 23.8 Å². The molecule has 0 unspecified atom stereocenters. The third-order valence-corrected chi connectivity index (χ3v) is 3.06. The van der Waals surface area contributed by atoms with Gasteiger partial charge in [0.1, 0.15) is 0 Å². The second-order valence-corrected chi connectivity index (χ2v) is 6.07. The minimum atomic E-state index is -3.19. The van der Waals surface area contributed by atoms with Gasteiger partial charge in [-0.15, -0.1) is 0 Å². The number of benzene rings is 1. The molecule has 88 valence electrons. The Bertz CT molecular complexity index is 493. The zero-order valence-corrected chi connectivity index (χ0v) is 10.3. The normalized spacial score (nSPS) is 15.9. The summed E-state index contributed by atoms with van der Waals surface area (Å²) in [7, 11) is -3.19. The van der Waals surface area contributed by atoms with E-state index in [9.17, 15) is 8.42 Å². The van der Waals surface area contributed by atoms with E-state index in [-0.39, 0.29) is 0 Å². The van der Waals surface area contributed by atoms with Crippen LogP contribution in [0.5, 0.6) is 0 Å². The van der Waals surface area contributed by atoms with Crippen molar-refractivity contribution in [3.63, 3.8) is 0 Å². The van der Waals surface area contributed by atoms with Crippen LogP contribution < -0.4 is 10.0 Å². The molecule has 1 aromatic carbocycles. The third-order valence-electron chi connectivity index (χ3n) is 2.47. The summed E-state index contributed by atoms with van der Waals surface area (Å²) in [6, 6.07) is 6.26. The maximum Gasteiger partial charge on any atom is 0.229 e. The smallest absolute Gasteiger partial charge is 0.229 e. The van der Waals surface area contributed by atoms with Gasteiger partial charge in [0, 0.05) is 11.7 Å². The van der Waals surface area contributed by atoms with Crippen LogP contribution in [-0.2, 0) is 10.0 Å². The van der Waals surface area contributed by atoms with Crippen LogP contribution in [0.3, 0.4) is 0 Å². The molecule has 1 aliphatic rings. The lowest BCUT2D eigenvalue weighted by Crippen LogP contribution is -2.11. The molecule has 0 atom stereocenters. The number of hydrogen-bond donors (Lipinski definition) is 2. The fraction of sp³-hybridized carbons (Fsp3) is 0.455. The van der Waals surface area contributed by atoms with E-state index < -0.39 is 10.0 Å². The van der Waals surface area contributed by atoms with Crippen LogP contribution in [0.4, 0.5) is 11.4 Å². The number of anilines is 2. The Morgan fingerprint density at radius 1 is 1.31 bits per heavy atom. The van der Waals surface area contributed by atoms with E-state index in [1.165, 1.54) is 12.8 Å². The Morgan fingerprint density at radius 3 is 2.50 bits per heavy atom. The summed E-state index contributed by atoms with van der Waals surface area (Å²) in [5.41, 5.74) is 2.62. The molecule has 0 aromatic heterocycles. The third kappa shape index (κ3) is 3.13.